The van der Waals surface area contributed by atoms with Crippen LogP contribution in [-0.4, -0.2) is 36.3 Å². The third kappa shape index (κ3) is 6.17. The number of carbonyl (C=O) groups excluding carboxylic acids is 2. The molecule has 4 nitrogen and oxygen atoms in total. The second-order valence-electron chi connectivity index (χ2n) is 9.42. The van der Waals surface area contributed by atoms with E-state index in [-0.39, 0.29) is 18.2 Å². The van der Waals surface area contributed by atoms with Gasteiger partial charge in [0.15, 0.2) is 11.6 Å². The summed E-state index contributed by atoms with van der Waals surface area (Å²) in [4.78, 5) is 28.1. The van der Waals surface area contributed by atoms with Crippen LogP contribution < -0.4 is 5.32 Å². The minimum atomic E-state index is -0.902. The Morgan fingerprint density at radius 3 is 2.14 bits per heavy atom. The predicted molar refractivity (Wildman–Crippen MR) is 136 cm³/mol. The number of carbonyl (C=O) groups is 2. The molecule has 1 heterocycles. The van der Waals surface area contributed by atoms with Crippen molar-refractivity contribution < 1.29 is 18.4 Å². The number of hydrogen-bond donors (Lipinski definition) is 1. The van der Waals surface area contributed by atoms with Crippen LogP contribution in [0.15, 0.2) is 78.9 Å². The molecule has 1 saturated heterocycles. The number of rotatable bonds is 9. The van der Waals surface area contributed by atoms with Crippen LogP contribution in [0.2, 0.25) is 0 Å². The van der Waals surface area contributed by atoms with E-state index in [1.165, 1.54) is 11.6 Å². The van der Waals surface area contributed by atoms with Crippen molar-refractivity contribution in [1.82, 2.24) is 10.2 Å². The SMILES string of the molecule is O=C(CCc1ccc(F)c(F)c1)N1CCC(C(=O)NCCCc2ccccc2)(c2ccccc2)CC1. The quantitative estimate of drug-likeness (QED) is 0.419. The third-order valence-electron chi connectivity index (χ3n) is 7.11. The molecule has 4 rings (SSSR count). The largest absolute Gasteiger partial charge is 0.355 e. The van der Waals surface area contributed by atoms with Crippen molar-refractivity contribution in [2.45, 2.75) is 43.9 Å². The topological polar surface area (TPSA) is 49.4 Å². The van der Waals surface area contributed by atoms with Gasteiger partial charge in [0.2, 0.25) is 11.8 Å². The molecule has 36 heavy (non-hydrogen) atoms. The Labute approximate surface area is 211 Å². The number of hydrogen-bond acceptors (Lipinski definition) is 2. The molecule has 1 N–H and O–H groups in total. The van der Waals surface area contributed by atoms with E-state index in [2.05, 4.69) is 17.4 Å². The van der Waals surface area contributed by atoms with E-state index in [4.69, 9.17) is 0 Å². The van der Waals surface area contributed by atoms with Crippen molar-refractivity contribution in [3.05, 3.63) is 107 Å². The maximum atomic E-state index is 13.5. The van der Waals surface area contributed by atoms with Crippen molar-refractivity contribution in [3.8, 4) is 0 Å². The normalized spacial score (nSPS) is 14.9. The van der Waals surface area contributed by atoms with Crippen LogP contribution in [0.4, 0.5) is 8.78 Å². The molecule has 3 aromatic rings. The van der Waals surface area contributed by atoms with Crippen LogP contribution in [0, 0.1) is 11.6 Å². The number of nitrogens with zero attached hydrogens (tertiary/aromatic N) is 1. The summed E-state index contributed by atoms with van der Waals surface area (Å²) in [5.41, 5.74) is 2.14. The molecule has 3 aromatic carbocycles. The summed E-state index contributed by atoms with van der Waals surface area (Å²) in [6, 6.07) is 23.7. The number of nitrogens with one attached hydrogen (secondary N) is 1. The summed E-state index contributed by atoms with van der Waals surface area (Å²) in [6.07, 6.45) is 3.40. The highest BCUT2D eigenvalue weighted by atomic mass is 19.2. The van der Waals surface area contributed by atoms with Gasteiger partial charge in [0, 0.05) is 26.1 Å². The highest BCUT2D eigenvalue weighted by Gasteiger charge is 2.43. The summed E-state index contributed by atoms with van der Waals surface area (Å²) in [5, 5.41) is 3.15. The van der Waals surface area contributed by atoms with E-state index < -0.39 is 17.0 Å². The number of benzene rings is 3. The first kappa shape index (κ1) is 25.5. The van der Waals surface area contributed by atoms with Crippen LogP contribution >= 0.6 is 0 Å². The minimum absolute atomic E-state index is 0.00986. The number of likely N-dealkylation sites (tertiary alicyclic amines) is 1. The molecule has 1 aliphatic rings. The Morgan fingerprint density at radius 2 is 1.47 bits per heavy atom. The summed E-state index contributed by atoms with van der Waals surface area (Å²) < 4.78 is 26.6. The van der Waals surface area contributed by atoms with E-state index in [9.17, 15) is 18.4 Å². The van der Waals surface area contributed by atoms with E-state index in [1.807, 2.05) is 48.5 Å². The van der Waals surface area contributed by atoms with Crippen molar-refractivity contribution in [3.63, 3.8) is 0 Å². The second-order valence-corrected chi connectivity index (χ2v) is 9.42. The predicted octanol–water partition coefficient (Wildman–Crippen LogP) is 5.21. The van der Waals surface area contributed by atoms with Gasteiger partial charge in [-0.25, -0.2) is 8.78 Å². The third-order valence-corrected chi connectivity index (χ3v) is 7.11. The zero-order chi connectivity index (χ0) is 25.4. The molecule has 0 bridgehead atoms. The summed E-state index contributed by atoms with van der Waals surface area (Å²) in [6.45, 7) is 1.55. The first-order valence-corrected chi connectivity index (χ1v) is 12.6. The fraction of sp³-hybridized carbons (Fsp3) is 0.333. The molecular formula is C30H32F2N2O2. The Morgan fingerprint density at radius 1 is 0.806 bits per heavy atom. The molecule has 1 fully saturated rings. The number of amides is 2. The molecule has 0 unspecified atom stereocenters. The highest BCUT2D eigenvalue weighted by molar-refractivity contribution is 5.89. The van der Waals surface area contributed by atoms with Gasteiger partial charge in [-0.3, -0.25) is 9.59 Å². The van der Waals surface area contributed by atoms with Crippen LogP contribution in [0.25, 0.3) is 0 Å². The average Bonchev–Trinajstić information content (AvgIpc) is 2.92. The fourth-order valence-electron chi connectivity index (χ4n) is 4.95. The van der Waals surface area contributed by atoms with Crippen molar-refractivity contribution in [1.29, 1.82) is 0 Å². The van der Waals surface area contributed by atoms with Crippen LogP contribution in [0.5, 0.6) is 0 Å². The van der Waals surface area contributed by atoms with Gasteiger partial charge in [-0.15, -0.1) is 0 Å². The molecule has 188 valence electrons. The lowest BCUT2D eigenvalue weighted by Crippen LogP contribution is -2.53. The van der Waals surface area contributed by atoms with Crippen LogP contribution in [0.3, 0.4) is 0 Å². The van der Waals surface area contributed by atoms with E-state index in [1.54, 1.807) is 4.90 Å². The molecule has 0 spiro atoms. The van der Waals surface area contributed by atoms with Gasteiger partial charge in [0.1, 0.15) is 0 Å². The lowest BCUT2D eigenvalue weighted by molar-refractivity contribution is -0.136. The monoisotopic (exact) mass is 490 g/mol. The Bertz CT molecular complexity index is 1160. The van der Waals surface area contributed by atoms with Crippen molar-refractivity contribution in [2.75, 3.05) is 19.6 Å². The van der Waals surface area contributed by atoms with Gasteiger partial charge < -0.3 is 10.2 Å². The fourth-order valence-corrected chi connectivity index (χ4v) is 4.95. The molecule has 2 amide bonds. The van der Waals surface area contributed by atoms with E-state index in [0.717, 1.165) is 30.5 Å². The van der Waals surface area contributed by atoms with E-state index >= 15 is 0 Å². The molecule has 0 aliphatic carbocycles. The summed E-state index contributed by atoms with van der Waals surface area (Å²) >= 11 is 0. The molecule has 0 saturated carbocycles. The Hall–Kier alpha value is -3.54. The molecule has 1 aliphatic heterocycles. The minimum Gasteiger partial charge on any atom is -0.355 e. The first-order valence-electron chi connectivity index (χ1n) is 12.6. The zero-order valence-electron chi connectivity index (χ0n) is 20.4. The number of piperidine rings is 1. The summed E-state index contributed by atoms with van der Waals surface area (Å²) in [7, 11) is 0. The molecule has 0 atom stereocenters. The second kappa shape index (κ2) is 11.9. The maximum absolute atomic E-state index is 13.5. The van der Waals surface area contributed by atoms with Gasteiger partial charge in [-0.2, -0.15) is 0 Å². The maximum Gasteiger partial charge on any atom is 0.230 e. The van der Waals surface area contributed by atoms with Crippen molar-refractivity contribution in [2.24, 2.45) is 0 Å². The zero-order valence-corrected chi connectivity index (χ0v) is 20.4. The summed E-state index contributed by atoms with van der Waals surface area (Å²) in [5.74, 6) is -1.82. The highest BCUT2D eigenvalue weighted by Crippen LogP contribution is 2.36. The standard InChI is InChI=1S/C30H32F2N2O2/c31-26-15-13-24(22-27(26)32)14-16-28(35)34-20-17-30(18-21-34,25-11-5-2-6-12-25)29(36)33-19-7-10-23-8-3-1-4-9-23/h1-6,8-9,11-13,15,22H,7,10,14,16-21H2,(H,33,36). The average molecular weight is 491 g/mol. The Balaban J connectivity index is 1.35. The molecule has 0 aromatic heterocycles. The van der Waals surface area contributed by atoms with Gasteiger partial charge in [-0.1, -0.05) is 66.7 Å². The van der Waals surface area contributed by atoms with Crippen LogP contribution in [-0.2, 0) is 27.8 Å². The smallest absolute Gasteiger partial charge is 0.230 e. The first-order chi connectivity index (χ1) is 17.5. The van der Waals surface area contributed by atoms with Crippen molar-refractivity contribution >= 4 is 11.8 Å². The van der Waals surface area contributed by atoms with E-state index in [0.29, 0.717) is 44.5 Å². The lowest BCUT2D eigenvalue weighted by atomic mass is 9.72. The lowest BCUT2D eigenvalue weighted by Gasteiger charge is -2.41. The van der Waals surface area contributed by atoms with Gasteiger partial charge in [0.05, 0.1) is 5.41 Å². The number of aryl methyl sites for hydroxylation is 2. The number of halogens is 2. The van der Waals surface area contributed by atoms with Crippen LogP contribution in [0.1, 0.15) is 42.4 Å². The molecular weight excluding hydrogens is 458 g/mol. The van der Waals surface area contributed by atoms with Gasteiger partial charge in [-0.05, 0) is 60.9 Å². The van der Waals surface area contributed by atoms with Gasteiger partial charge >= 0.3 is 0 Å². The van der Waals surface area contributed by atoms with Gasteiger partial charge in [0.25, 0.3) is 0 Å². The Kier molecular flexibility index (Phi) is 8.47. The molecule has 6 heteroatoms. The molecule has 0 radical (unpaired) electrons.